The standard InChI is InChI=1S/C27H39NO4/c1-16(2)22-11-18-12-25(15-29)21-7-5-17(3)20(21)13-26(18,27(22,25)24(30)31)23-8-6-19(32-23)14-28-9-4-10-28/h11,15-21,23H,4-10,12-14H2,1-3H3,(H,30,31)/t17-,18?,19?,20-,21-,23?,25?,26?,27?/m1/s1. The smallest absolute Gasteiger partial charge is 0.315 e. The highest BCUT2D eigenvalue weighted by molar-refractivity contribution is 5.90. The third kappa shape index (κ3) is 2.23. The second-order valence-corrected chi connectivity index (χ2v) is 12.3. The van der Waals surface area contributed by atoms with E-state index in [-0.39, 0.29) is 30.0 Å². The lowest BCUT2D eigenvalue weighted by atomic mass is 9.41. The molecule has 9 atom stereocenters. The lowest BCUT2D eigenvalue weighted by Crippen LogP contribution is -2.65. The van der Waals surface area contributed by atoms with Gasteiger partial charge in [-0.25, -0.2) is 0 Å². The van der Waals surface area contributed by atoms with Crippen molar-refractivity contribution in [3.05, 3.63) is 11.6 Å². The van der Waals surface area contributed by atoms with Crippen LogP contribution in [0.1, 0.15) is 65.7 Å². The molecule has 2 saturated heterocycles. The lowest BCUT2D eigenvalue weighted by molar-refractivity contribution is -0.197. The molecule has 32 heavy (non-hydrogen) atoms. The number of carbonyl (C=O) groups is 2. The Labute approximate surface area is 191 Å². The second-order valence-electron chi connectivity index (χ2n) is 12.3. The predicted octanol–water partition coefficient (Wildman–Crippen LogP) is 4.16. The Morgan fingerprint density at radius 1 is 1.25 bits per heavy atom. The van der Waals surface area contributed by atoms with Crippen LogP contribution in [0.4, 0.5) is 0 Å². The molecular weight excluding hydrogens is 402 g/mol. The van der Waals surface area contributed by atoms with Crippen LogP contribution in [0.2, 0.25) is 0 Å². The Kier molecular flexibility index (Phi) is 4.61. The minimum atomic E-state index is -1.10. The molecule has 5 heteroatoms. The van der Waals surface area contributed by atoms with E-state index in [4.69, 9.17) is 4.74 Å². The Balaban J connectivity index is 1.48. The summed E-state index contributed by atoms with van der Waals surface area (Å²) in [4.78, 5) is 29.2. The summed E-state index contributed by atoms with van der Waals surface area (Å²) in [6.45, 7) is 9.86. The van der Waals surface area contributed by atoms with Crippen molar-refractivity contribution in [2.75, 3.05) is 19.6 Å². The van der Waals surface area contributed by atoms with Gasteiger partial charge in [0.1, 0.15) is 11.7 Å². The maximum Gasteiger partial charge on any atom is 0.315 e. The molecular formula is C27H39NO4. The lowest BCUT2D eigenvalue weighted by Gasteiger charge is -2.60. The summed E-state index contributed by atoms with van der Waals surface area (Å²) in [5.74, 6) is 0.719. The maximum absolute atomic E-state index is 13.6. The van der Waals surface area contributed by atoms with Gasteiger partial charge in [0.25, 0.3) is 0 Å². The molecule has 4 aliphatic carbocycles. The van der Waals surface area contributed by atoms with Crippen molar-refractivity contribution in [2.24, 2.45) is 45.8 Å². The average molecular weight is 442 g/mol. The summed E-state index contributed by atoms with van der Waals surface area (Å²) >= 11 is 0. The van der Waals surface area contributed by atoms with E-state index in [2.05, 4.69) is 31.7 Å². The van der Waals surface area contributed by atoms with Crippen molar-refractivity contribution >= 4 is 12.3 Å². The number of rotatable bonds is 6. The van der Waals surface area contributed by atoms with Crippen LogP contribution >= 0.6 is 0 Å². The molecule has 5 fully saturated rings. The number of aliphatic carboxylic acids is 1. The SMILES string of the molecule is CC(C)C1=CC2CC3(C=O)[C@@H]4CC[C@@H](C)[C@H]4CC2(C2CCC(CN4CCC4)O2)C13C(=O)O. The van der Waals surface area contributed by atoms with Crippen LogP contribution in [0, 0.1) is 45.8 Å². The summed E-state index contributed by atoms with van der Waals surface area (Å²) in [5.41, 5.74) is -1.31. The molecule has 1 N–H and O–H groups in total. The molecule has 0 aromatic rings. The van der Waals surface area contributed by atoms with Crippen LogP contribution in [-0.4, -0.2) is 54.1 Å². The van der Waals surface area contributed by atoms with Gasteiger partial charge in [0.05, 0.1) is 17.6 Å². The number of carbonyl (C=O) groups excluding carboxylic acids is 1. The fourth-order valence-electron chi connectivity index (χ4n) is 9.93. The summed E-state index contributed by atoms with van der Waals surface area (Å²) in [6, 6.07) is 0. The second kappa shape index (κ2) is 6.91. The molecule has 4 bridgehead atoms. The first-order valence-corrected chi connectivity index (χ1v) is 13.1. The first kappa shape index (κ1) is 21.3. The van der Waals surface area contributed by atoms with Crippen LogP contribution in [0.15, 0.2) is 11.6 Å². The number of likely N-dealkylation sites (tertiary alicyclic amines) is 1. The number of hydrogen-bond donors (Lipinski definition) is 1. The molecule has 6 aliphatic rings. The zero-order valence-electron chi connectivity index (χ0n) is 19.9. The maximum atomic E-state index is 13.6. The van der Waals surface area contributed by atoms with E-state index >= 15 is 0 Å². The van der Waals surface area contributed by atoms with E-state index in [0.717, 1.165) is 63.6 Å². The number of allylic oxidation sites excluding steroid dienone is 1. The molecule has 2 aliphatic heterocycles. The molecule has 6 rings (SSSR count). The highest BCUT2D eigenvalue weighted by Crippen LogP contribution is 2.84. The third-order valence-electron chi connectivity index (χ3n) is 11.1. The van der Waals surface area contributed by atoms with Gasteiger partial charge < -0.3 is 19.5 Å². The largest absolute Gasteiger partial charge is 0.481 e. The molecule has 0 aromatic heterocycles. The van der Waals surface area contributed by atoms with Crippen molar-refractivity contribution in [1.29, 1.82) is 0 Å². The molecule has 6 unspecified atom stereocenters. The van der Waals surface area contributed by atoms with Gasteiger partial charge in [-0.05, 0) is 81.2 Å². The van der Waals surface area contributed by atoms with Crippen LogP contribution in [-0.2, 0) is 14.3 Å². The highest BCUT2D eigenvalue weighted by atomic mass is 16.5. The highest BCUT2D eigenvalue weighted by Gasteiger charge is 2.86. The van der Waals surface area contributed by atoms with Crippen molar-refractivity contribution in [2.45, 2.75) is 77.9 Å². The zero-order valence-corrected chi connectivity index (χ0v) is 19.9. The number of ether oxygens (including phenoxy) is 1. The van der Waals surface area contributed by atoms with Gasteiger partial charge in [0.2, 0.25) is 0 Å². The van der Waals surface area contributed by atoms with Crippen molar-refractivity contribution < 1.29 is 19.4 Å². The van der Waals surface area contributed by atoms with Crippen molar-refractivity contribution in [3.8, 4) is 0 Å². The quantitative estimate of drug-likeness (QED) is 0.495. The van der Waals surface area contributed by atoms with Crippen LogP contribution in [0.25, 0.3) is 0 Å². The average Bonchev–Trinajstić information content (AvgIpc) is 3.45. The van der Waals surface area contributed by atoms with E-state index in [0.29, 0.717) is 18.3 Å². The molecule has 3 saturated carbocycles. The van der Waals surface area contributed by atoms with E-state index in [9.17, 15) is 14.7 Å². The molecule has 0 spiro atoms. The third-order valence-corrected chi connectivity index (χ3v) is 11.1. The Hall–Kier alpha value is -1.20. The summed E-state index contributed by atoms with van der Waals surface area (Å²) in [7, 11) is 0. The first-order chi connectivity index (χ1) is 15.3. The summed E-state index contributed by atoms with van der Waals surface area (Å²) < 4.78 is 6.83. The molecule has 5 nitrogen and oxygen atoms in total. The zero-order chi connectivity index (χ0) is 22.5. The van der Waals surface area contributed by atoms with Crippen molar-refractivity contribution in [3.63, 3.8) is 0 Å². The van der Waals surface area contributed by atoms with Gasteiger partial charge >= 0.3 is 5.97 Å². The van der Waals surface area contributed by atoms with Crippen LogP contribution < -0.4 is 0 Å². The summed E-state index contributed by atoms with van der Waals surface area (Å²) in [6.07, 6.45) is 10.5. The Bertz CT molecular complexity index is 864. The molecule has 176 valence electrons. The van der Waals surface area contributed by atoms with Gasteiger partial charge in [0, 0.05) is 12.0 Å². The van der Waals surface area contributed by atoms with E-state index in [1.165, 1.54) is 6.42 Å². The Morgan fingerprint density at radius 2 is 2.03 bits per heavy atom. The van der Waals surface area contributed by atoms with Crippen molar-refractivity contribution in [1.82, 2.24) is 4.90 Å². The Morgan fingerprint density at radius 3 is 2.66 bits per heavy atom. The van der Waals surface area contributed by atoms with Gasteiger partial charge in [-0.3, -0.25) is 4.79 Å². The van der Waals surface area contributed by atoms with Gasteiger partial charge in [0.15, 0.2) is 0 Å². The molecule has 0 amide bonds. The number of nitrogens with zero attached hydrogens (tertiary/aromatic N) is 1. The van der Waals surface area contributed by atoms with Gasteiger partial charge in [-0.15, -0.1) is 0 Å². The van der Waals surface area contributed by atoms with E-state index < -0.39 is 22.2 Å². The predicted molar refractivity (Wildman–Crippen MR) is 121 cm³/mol. The first-order valence-electron chi connectivity index (χ1n) is 13.1. The number of fused-ring (bicyclic) bond motifs is 2. The fourth-order valence-corrected chi connectivity index (χ4v) is 9.93. The van der Waals surface area contributed by atoms with E-state index in [1.54, 1.807) is 0 Å². The number of carboxylic acids is 1. The van der Waals surface area contributed by atoms with E-state index in [1.807, 2.05) is 0 Å². The fraction of sp³-hybridized carbons (Fsp3) is 0.852. The minimum absolute atomic E-state index is 0.0575. The van der Waals surface area contributed by atoms with Crippen LogP contribution in [0.5, 0.6) is 0 Å². The van der Waals surface area contributed by atoms with Gasteiger partial charge in [-0.2, -0.15) is 0 Å². The number of aldehydes is 1. The molecule has 0 aromatic carbocycles. The van der Waals surface area contributed by atoms with Gasteiger partial charge in [-0.1, -0.05) is 38.8 Å². The molecule has 2 heterocycles. The number of hydrogen-bond acceptors (Lipinski definition) is 4. The minimum Gasteiger partial charge on any atom is -0.481 e. The summed E-state index contributed by atoms with van der Waals surface area (Å²) in [5, 5.41) is 11.1. The van der Waals surface area contributed by atoms with Crippen LogP contribution in [0.3, 0.4) is 0 Å². The monoisotopic (exact) mass is 441 g/mol. The topological polar surface area (TPSA) is 66.8 Å². The number of carboxylic acid groups (broad SMARTS) is 1. The normalized spacial score (nSPS) is 51.6. The molecule has 0 radical (unpaired) electrons.